The van der Waals surface area contributed by atoms with Crippen LogP contribution in [-0.2, 0) is 11.2 Å². The van der Waals surface area contributed by atoms with Crippen LogP contribution >= 0.6 is 11.6 Å². The van der Waals surface area contributed by atoms with Crippen molar-refractivity contribution in [3.8, 4) is 5.69 Å². The Morgan fingerprint density at radius 2 is 1.54 bits per heavy atom. The number of hydrogen-bond donors (Lipinski definition) is 1. The Balaban J connectivity index is 0.000000292. The number of rotatable bonds is 6. The van der Waals surface area contributed by atoms with E-state index in [-0.39, 0.29) is 6.61 Å². The summed E-state index contributed by atoms with van der Waals surface area (Å²) in [4.78, 5) is 0. The molecule has 126 valence electrons. The molecule has 0 bridgehead atoms. The number of hydrogen-bond acceptors (Lipinski definition) is 3. The van der Waals surface area contributed by atoms with Crippen molar-refractivity contribution in [1.29, 1.82) is 0 Å². The van der Waals surface area contributed by atoms with Crippen molar-refractivity contribution in [3.05, 3.63) is 83.6 Å². The van der Waals surface area contributed by atoms with Crippen LogP contribution in [0.1, 0.15) is 5.69 Å². The number of nitrogens with zero attached hydrogens (tertiary/aromatic N) is 2. The molecule has 0 atom stereocenters. The van der Waals surface area contributed by atoms with Gasteiger partial charge in [-0.3, -0.25) is 0 Å². The third kappa shape index (κ3) is 6.54. The number of ether oxygens (including phenoxy) is 1. The van der Waals surface area contributed by atoms with E-state index in [2.05, 4.69) is 5.10 Å². The molecule has 0 aliphatic carbocycles. The first kappa shape index (κ1) is 18.2. The molecule has 0 saturated heterocycles. The normalized spacial score (nSPS) is 10.1. The topological polar surface area (TPSA) is 47.3 Å². The van der Waals surface area contributed by atoms with Gasteiger partial charge in [0.1, 0.15) is 0 Å². The molecule has 0 aliphatic rings. The molecule has 0 radical (unpaired) electrons. The van der Waals surface area contributed by atoms with Crippen LogP contribution in [-0.4, -0.2) is 34.7 Å². The molecule has 3 aromatic rings. The zero-order valence-corrected chi connectivity index (χ0v) is 14.1. The summed E-state index contributed by atoms with van der Waals surface area (Å²) in [5.41, 5.74) is 1.94. The van der Waals surface area contributed by atoms with E-state index < -0.39 is 0 Å². The molecule has 24 heavy (non-hydrogen) atoms. The van der Waals surface area contributed by atoms with Gasteiger partial charge in [0.05, 0.1) is 31.2 Å². The van der Waals surface area contributed by atoms with E-state index in [9.17, 15) is 0 Å². The highest BCUT2D eigenvalue weighted by molar-refractivity contribution is 6.30. The van der Waals surface area contributed by atoms with Crippen molar-refractivity contribution in [2.45, 2.75) is 6.42 Å². The minimum Gasteiger partial charge on any atom is -0.394 e. The molecule has 3 rings (SSSR count). The summed E-state index contributed by atoms with van der Waals surface area (Å²) in [5, 5.41) is 13.7. The second-order valence-electron chi connectivity index (χ2n) is 4.97. The molecule has 0 unspecified atom stereocenters. The second kappa shape index (κ2) is 10.6. The van der Waals surface area contributed by atoms with E-state index in [1.54, 1.807) is 4.68 Å². The average Bonchev–Trinajstić information content (AvgIpc) is 3.10. The summed E-state index contributed by atoms with van der Waals surface area (Å²) in [6.45, 7) is 0.995. The van der Waals surface area contributed by atoms with E-state index in [1.165, 1.54) is 0 Å². The minimum absolute atomic E-state index is 0.0548. The van der Waals surface area contributed by atoms with E-state index in [1.807, 2.05) is 72.9 Å². The summed E-state index contributed by atoms with van der Waals surface area (Å²) in [5.74, 6) is 0. The molecule has 0 spiro atoms. The van der Waals surface area contributed by atoms with Crippen LogP contribution in [0.4, 0.5) is 0 Å². The Kier molecular flexibility index (Phi) is 8.04. The standard InChI is InChI=1S/C13H15ClN2O2.C6H6/c14-11-1-3-13(4-2-11)16-7-5-12(15-16)6-9-18-10-8-17;1-2-4-6-5-3-1/h1-5,7,17H,6,8-10H2;1-6H. The fraction of sp³-hybridized carbons (Fsp3) is 0.211. The molecule has 2 aromatic carbocycles. The van der Waals surface area contributed by atoms with Crippen LogP contribution in [0.5, 0.6) is 0 Å². The summed E-state index contributed by atoms with van der Waals surface area (Å²) < 4.78 is 7.00. The third-order valence-electron chi connectivity index (χ3n) is 3.14. The van der Waals surface area contributed by atoms with Gasteiger partial charge < -0.3 is 9.84 Å². The van der Waals surface area contributed by atoms with Gasteiger partial charge in [-0.05, 0) is 30.3 Å². The van der Waals surface area contributed by atoms with Gasteiger partial charge in [0.15, 0.2) is 0 Å². The Bertz CT molecular complexity index is 657. The van der Waals surface area contributed by atoms with E-state index >= 15 is 0 Å². The SMILES string of the molecule is OCCOCCc1ccn(-c2ccc(Cl)cc2)n1.c1ccccc1. The molecule has 0 aliphatic heterocycles. The van der Waals surface area contributed by atoms with Gasteiger partial charge in [-0.15, -0.1) is 0 Å². The van der Waals surface area contributed by atoms with Gasteiger partial charge in [0, 0.05) is 17.6 Å². The van der Waals surface area contributed by atoms with Gasteiger partial charge in [-0.1, -0.05) is 48.0 Å². The first-order valence-electron chi connectivity index (χ1n) is 7.78. The van der Waals surface area contributed by atoms with Gasteiger partial charge in [-0.2, -0.15) is 5.10 Å². The summed E-state index contributed by atoms with van der Waals surface area (Å²) >= 11 is 5.84. The van der Waals surface area contributed by atoms with E-state index in [0.717, 1.165) is 17.8 Å². The third-order valence-corrected chi connectivity index (χ3v) is 3.39. The maximum absolute atomic E-state index is 8.58. The number of aromatic nitrogens is 2. The van der Waals surface area contributed by atoms with Crippen LogP contribution < -0.4 is 0 Å². The van der Waals surface area contributed by atoms with Crippen LogP contribution in [0, 0.1) is 0 Å². The van der Waals surface area contributed by atoms with Gasteiger partial charge in [0.2, 0.25) is 0 Å². The number of halogens is 1. The van der Waals surface area contributed by atoms with Crippen molar-refractivity contribution in [3.63, 3.8) is 0 Å². The minimum atomic E-state index is 0.0548. The molecule has 1 aromatic heterocycles. The first-order chi connectivity index (χ1) is 11.8. The fourth-order valence-corrected chi connectivity index (χ4v) is 2.09. The molecule has 0 amide bonds. The van der Waals surface area contributed by atoms with Gasteiger partial charge >= 0.3 is 0 Å². The van der Waals surface area contributed by atoms with Crippen molar-refractivity contribution in [2.75, 3.05) is 19.8 Å². The van der Waals surface area contributed by atoms with Gasteiger partial charge in [-0.25, -0.2) is 4.68 Å². The average molecular weight is 345 g/mol. The fourth-order valence-electron chi connectivity index (χ4n) is 1.96. The quantitative estimate of drug-likeness (QED) is 0.692. The van der Waals surface area contributed by atoms with E-state index in [0.29, 0.717) is 18.2 Å². The molecule has 0 saturated carbocycles. The zero-order chi connectivity index (χ0) is 17.0. The van der Waals surface area contributed by atoms with Crippen molar-refractivity contribution >= 4 is 11.6 Å². The van der Waals surface area contributed by atoms with Gasteiger partial charge in [0.25, 0.3) is 0 Å². The largest absolute Gasteiger partial charge is 0.394 e. The van der Waals surface area contributed by atoms with Crippen molar-refractivity contribution in [2.24, 2.45) is 0 Å². The predicted octanol–water partition coefficient (Wildman–Crippen LogP) is 3.76. The van der Waals surface area contributed by atoms with Crippen LogP contribution in [0.15, 0.2) is 72.9 Å². The maximum atomic E-state index is 8.58. The van der Waals surface area contributed by atoms with Crippen molar-refractivity contribution < 1.29 is 9.84 Å². The summed E-state index contributed by atoms with van der Waals surface area (Å²) in [7, 11) is 0. The highest BCUT2D eigenvalue weighted by Gasteiger charge is 2.01. The molecule has 1 heterocycles. The zero-order valence-electron chi connectivity index (χ0n) is 13.4. The molecular weight excluding hydrogens is 324 g/mol. The van der Waals surface area contributed by atoms with Crippen molar-refractivity contribution in [1.82, 2.24) is 9.78 Å². The van der Waals surface area contributed by atoms with Crippen LogP contribution in [0.3, 0.4) is 0 Å². The summed E-state index contributed by atoms with van der Waals surface area (Å²) in [6, 6.07) is 21.5. The molecule has 4 nitrogen and oxygen atoms in total. The lowest BCUT2D eigenvalue weighted by Crippen LogP contribution is -2.04. The molecular formula is C19H21ClN2O2. The number of aliphatic hydroxyl groups excluding tert-OH is 1. The maximum Gasteiger partial charge on any atom is 0.0697 e. The predicted molar refractivity (Wildman–Crippen MR) is 96.6 cm³/mol. The number of benzene rings is 2. The Morgan fingerprint density at radius 1 is 0.917 bits per heavy atom. The lowest BCUT2D eigenvalue weighted by Gasteiger charge is -2.01. The monoisotopic (exact) mass is 344 g/mol. The Morgan fingerprint density at radius 3 is 2.12 bits per heavy atom. The smallest absolute Gasteiger partial charge is 0.0697 e. The second-order valence-corrected chi connectivity index (χ2v) is 5.41. The highest BCUT2D eigenvalue weighted by Crippen LogP contribution is 2.13. The lowest BCUT2D eigenvalue weighted by atomic mass is 10.3. The first-order valence-corrected chi connectivity index (χ1v) is 8.16. The molecule has 1 N–H and O–H groups in total. The lowest BCUT2D eigenvalue weighted by molar-refractivity contribution is 0.0940. The number of aliphatic hydroxyl groups is 1. The summed E-state index contributed by atoms with van der Waals surface area (Å²) in [6.07, 6.45) is 2.64. The highest BCUT2D eigenvalue weighted by atomic mass is 35.5. The van der Waals surface area contributed by atoms with E-state index in [4.69, 9.17) is 21.4 Å². The molecule has 5 heteroatoms. The molecule has 0 fully saturated rings. The van der Waals surface area contributed by atoms with Crippen LogP contribution in [0.2, 0.25) is 5.02 Å². The van der Waals surface area contributed by atoms with Crippen LogP contribution in [0.25, 0.3) is 5.69 Å². The Labute approximate surface area is 147 Å². The Hall–Kier alpha value is -2.14.